The molecule has 0 aliphatic carbocycles. The lowest BCUT2D eigenvalue weighted by atomic mass is 10.0. The zero-order valence-corrected chi connectivity index (χ0v) is 16.9. The number of carbonyl (C=O) groups excluding carboxylic acids is 2. The van der Waals surface area contributed by atoms with Crippen LogP contribution >= 0.6 is 0 Å². The van der Waals surface area contributed by atoms with Gasteiger partial charge < -0.3 is 10.1 Å². The Hall–Kier alpha value is -3.60. The van der Waals surface area contributed by atoms with E-state index in [9.17, 15) is 9.59 Å². The first-order valence-electron chi connectivity index (χ1n) is 10.2. The van der Waals surface area contributed by atoms with Gasteiger partial charge in [0, 0.05) is 5.56 Å². The van der Waals surface area contributed by atoms with Crippen molar-refractivity contribution in [2.75, 3.05) is 6.61 Å². The molecule has 0 saturated carbocycles. The summed E-state index contributed by atoms with van der Waals surface area (Å²) in [5.41, 5.74) is 1.96. The second kappa shape index (κ2) is 8.82. The number of carbonyl (C=O) groups is 2. The number of hydrogen-bond donors (Lipinski definition) is 1. The largest absolute Gasteiger partial charge is 0.493 e. The van der Waals surface area contributed by atoms with Gasteiger partial charge in [0.1, 0.15) is 11.4 Å². The molecule has 0 atom stereocenters. The first-order valence-corrected chi connectivity index (χ1v) is 10.2. The van der Waals surface area contributed by atoms with Gasteiger partial charge >= 0.3 is 6.03 Å². The normalized spacial score (nSPS) is 15.1. The van der Waals surface area contributed by atoms with Crippen molar-refractivity contribution in [2.45, 2.75) is 26.3 Å². The van der Waals surface area contributed by atoms with E-state index in [1.807, 2.05) is 66.7 Å². The zero-order chi connectivity index (χ0) is 20.9. The third kappa shape index (κ3) is 4.06. The number of urea groups is 1. The van der Waals surface area contributed by atoms with Crippen LogP contribution < -0.4 is 10.1 Å². The number of unbranched alkanes of at least 4 members (excludes halogenated alkanes) is 1. The molecule has 1 fully saturated rings. The third-order valence-corrected chi connectivity index (χ3v) is 5.12. The second-order valence-corrected chi connectivity index (χ2v) is 7.27. The van der Waals surface area contributed by atoms with Gasteiger partial charge in [0.15, 0.2) is 0 Å². The smallest absolute Gasteiger partial charge is 0.329 e. The Morgan fingerprint density at radius 2 is 1.73 bits per heavy atom. The lowest BCUT2D eigenvalue weighted by molar-refractivity contribution is -0.123. The van der Waals surface area contributed by atoms with Crippen LogP contribution in [-0.4, -0.2) is 23.4 Å². The Morgan fingerprint density at radius 1 is 0.967 bits per heavy atom. The van der Waals surface area contributed by atoms with E-state index >= 15 is 0 Å². The van der Waals surface area contributed by atoms with E-state index in [1.165, 1.54) is 4.90 Å². The molecule has 0 radical (unpaired) electrons. The maximum atomic E-state index is 13.0. The Bertz CT molecular complexity index is 1110. The van der Waals surface area contributed by atoms with E-state index in [0.717, 1.165) is 34.7 Å². The molecule has 3 amide bonds. The Kier molecular flexibility index (Phi) is 5.80. The lowest BCUT2D eigenvalue weighted by Gasteiger charge is -2.13. The summed E-state index contributed by atoms with van der Waals surface area (Å²) in [6.45, 7) is 2.95. The van der Waals surface area contributed by atoms with Gasteiger partial charge in [-0.3, -0.25) is 9.69 Å². The minimum Gasteiger partial charge on any atom is -0.493 e. The van der Waals surface area contributed by atoms with Crippen LogP contribution in [0.1, 0.15) is 30.9 Å². The van der Waals surface area contributed by atoms with E-state index in [2.05, 4.69) is 12.2 Å². The van der Waals surface area contributed by atoms with Gasteiger partial charge in [0.05, 0.1) is 13.2 Å². The first-order chi connectivity index (χ1) is 14.7. The average Bonchev–Trinajstić information content (AvgIpc) is 3.03. The van der Waals surface area contributed by atoms with Gasteiger partial charge in [-0.15, -0.1) is 0 Å². The van der Waals surface area contributed by atoms with E-state index in [1.54, 1.807) is 6.08 Å². The topological polar surface area (TPSA) is 58.6 Å². The highest BCUT2D eigenvalue weighted by molar-refractivity contribution is 6.14. The fourth-order valence-electron chi connectivity index (χ4n) is 3.50. The number of fused-ring (bicyclic) bond motifs is 1. The Labute approximate surface area is 176 Å². The molecule has 1 N–H and O–H groups in total. The summed E-state index contributed by atoms with van der Waals surface area (Å²) in [4.78, 5) is 26.7. The highest BCUT2D eigenvalue weighted by Crippen LogP contribution is 2.31. The fraction of sp³-hybridized carbons (Fsp3) is 0.200. The second-order valence-electron chi connectivity index (χ2n) is 7.27. The van der Waals surface area contributed by atoms with Gasteiger partial charge in [-0.2, -0.15) is 0 Å². The fourth-order valence-corrected chi connectivity index (χ4v) is 3.50. The molecular formula is C25H24N2O3. The molecule has 0 aromatic heterocycles. The van der Waals surface area contributed by atoms with Crippen molar-refractivity contribution in [3.63, 3.8) is 0 Å². The van der Waals surface area contributed by atoms with Crippen molar-refractivity contribution in [3.8, 4) is 5.75 Å². The number of ether oxygens (including phenoxy) is 1. The maximum Gasteiger partial charge on any atom is 0.329 e. The molecule has 1 aliphatic rings. The zero-order valence-electron chi connectivity index (χ0n) is 16.9. The van der Waals surface area contributed by atoms with Crippen molar-refractivity contribution >= 4 is 28.8 Å². The molecule has 1 saturated heterocycles. The third-order valence-electron chi connectivity index (χ3n) is 5.12. The summed E-state index contributed by atoms with van der Waals surface area (Å²) in [5.74, 6) is 0.370. The van der Waals surface area contributed by atoms with Crippen molar-refractivity contribution in [1.82, 2.24) is 10.2 Å². The lowest BCUT2D eigenvalue weighted by Crippen LogP contribution is -2.30. The molecule has 4 rings (SSSR count). The minimum absolute atomic E-state index is 0.234. The quantitative estimate of drug-likeness (QED) is 0.341. The number of nitrogens with zero attached hydrogens (tertiary/aromatic N) is 1. The molecule has 30 heavy (non-hydrogen) atoms. The molecule has 5 nitrogen and oxygen atoms in total. The molecule has 3 aromatic carbocycles. The number of imide groups is 1. The maximum absolute atomic E-state index is 13.0. The van der Waals surface area contributed by atoms with Crippen LogP contribution in [0, 0.1) is 0 Å². The van der Waals surface area contributed by atoms with Gasteiger partial charge in [-0.25, -0.2) is 4.79 Å². The van der Waals surface area contributed by atoms with Gasteiger partial charge in [0.2, 0.25) is 0 Å². The Balaban J connectivity index is 1.69. The highest BCUT2D eigenvalue weighted by Gasteiger charge is 2.33. The van der Waals surface area contributed by atoms with Crippen LogP contribution in [-0.2, 0) is 11.3 Å². The number of amides is 3. The van der Waals surface area contributed by atoms with E-state index in [4.69, 9.17) is 4.74 Å². The first kappa shape index (κ1) is 19.7. The molecular weight excluding hydrogens is 376 g/mol. The van der Waals surface area contributed by atoms with Crippen LogP contribution in [0.5, 0.6) is 5.75 Å². The molecule has 0 unspecified atom stereocenters. The molecule has 3 aromatic rings. The minimum atomic E-state index is -0.413. The summed E-state index contributed by atoms with van der Waals surface area (Å²) in [6, 6.07) is 20.9. The monoisotopic (exact) mass is 400 g/mol. The van der Waals surface area contributed by atoms with Gasteiger partial charge in [-0.1, -0.05) is 74.0 Å². The summed E-state index contributed by atoms with van der Waals surface area (Å²) < 4.78 is 6.00. The summed E-state index contributed by atoms with van der Waals surface area (Å²) in [6.07, 6.45) is 3.71. The van der Waals surface area contributed by atoms with Crippen LogP contribution in [0.25, 0.3) is 16.8 Å². The molecule has 152 valence electrons. The summed E-state index contributed by atoms with van der Waals surface area (Å²) >= 11 is 0. The van der Waals surface area contributed by atoms with Gasteiger partial charge in [-0.05, 0) is 34.9 Å². The summed E-state index contributed by atoms with van der Waals surface area (Å²) in [5, 5.41) is 4.75. The number of benzene rings is 3. The molecule has 0 spiro atoms. The van der Waals surface area contributed by atoms with Crippen LogP contribution in [0.15, 0.2) is 72.4 Å². The van der Waals surface area contributed by atoms with Crippen LogP contribution in [0.2, 0.25) is 0 Å². The molecule has 5 heteroatoms. The molecule has 1 aliphatic heterocycles. The standard InChI is InChI=1S/C25H24N2O3/c1-2-3-15-30-23-14-13-19-11-7-8-12-20(19)21(23)16-22-24(28)27(25(29)26-22)17-18-9-5-4-6-10-18/h4-14,16H,2-3,15,17H2,1H3,(H,26,29)/b22-16-. The SMILES string of the molecule is CCCCOc1ccc2ccccc2c1/C=C1\NC(=O)N(Cc2ccccc2)C1=O. The Morgan fingerprint density at radius 3 is 2.53 bits per heavy atom. The van der Waals surface area contributed by atoms with E-state index in [0.29, 0.717) is 12.4 Å². The van der Waals surface area contributed by atoms with Crippen molar-refractivity contribution in [3.05, 3.63) is 83.6 Å². The number of rotatable bonds is 7. The predicted octanol–water partition coefficient (Wildman–Crippen LogP) is 5.11. The van der Waals surface area contributed by atoms with Crippen molar-refractivity contribution in [1.29, 1.82) is 0 Å². The predicted molar refractivity (Wildman–Crippen MR) is 118 cm³/mol. The van der Waals surface area contributed by atoms with Crippen molar-refractivity contribution < 1.29 is 14.3 Å². The van der Waals surface area contributed by atoms with Gasteiger partial charge in [0.25, 0.3) is 5.91 Å². The van der Waals surface area contributed by atoms with Crippen molar-refractivity contribution in [2.24, 2.45) is 0 Å². The number of nitrogens with one attached hydrogen (secondary N) is 1. The van der Waals surface area contributed by atoms with E-state index in [-0.39, 0.29) is 18.1 Å². The van der Waals surface area contributed by atoms with Crippen LogP contribution in [0.4, 0.5) is 4.79 Å². The average molecular weight is 400 g/mol. The summed E-state index contributed by atoms with van der Waals surface area (Å²) in [7, 11) is 0. The highest BCUT2D eigenvalue weighted by atomic mass is 16.5. The van der Waals surface area contributed by atoms with Crippen LogP contribution in [0.3, 0.4) is 0 Å². The molecule has 1 heterocycles. The number of hydrogen-bond acceptors (Lipinski definition) is 3. The molecule has 0 bridgehead atoms. The van der Waals surface area contributed by atoms with E-state index < -0.39 is 6.03 Å².